The lowest BCUT2D eigenvalue weighted by Gasteiger charge is -2.27. The van der Waals surface area contributed by atoms with E-state index in [1.807, 2.05) is 0 Å². The molecule has 0 saturated heterocycles. The zero-order chi connectivity index (χ0) is 13.8. The summed E-state index contributed by atoms with van der Waals surface area (Å²) in [7, 11) is 0. The molecule has 1 heterocycles. The molecule has 0 aromatic heterocycles. The molecule has 0 bridgehead atoms. The number of hydrogen-bond donors (Lipinski definition) is 1. The van der Waals surface area contributed by atoms with Crippen molar-refractivity contribution >= 4 is 5.69 Å². The van der Waals surface area contributed by atoms with Gasteiger partial charge in [0.05, 0.1) is 6.61 Å². The van der Waals surface area contributed by atoms with Crippen molar-refractivity contribution in [3.8, 4) is 5.75 Å². The van der Waals surface area contributed by atoms with Crippen LogP contribution in [0.3, 0.4) is 0 Å². The number of ether oxygens (including phenoxy) is 1. The van der Waals surface area contributed by atoms with Crippen molar-refractivity contribution in [1.82, 2.24) is 0 Å². The summed E-state index contributed by atoms with van der Waals surface area (Å²) < 4.78 is 5.90. The highest BCUT2D eigenvalue weighted by Crippen LogP contribution is 2.34. The maximum Gasteiger partial charge on any atom is 0.122 e. The lowest BCUT2D eigenvalue weighted by molar-refractivity contribution is 0.312. The standard InChI is InChI=1S/C18H21NO/c1-2-11-20-18-10-6-4-8-16(18)15-12-14-7-3-5-9-17(14)19-13-15/h3-10,15,19H,2,11-13H2,1H3. The topological polar surface area (TPSA) is 21.3 Å². The summed E-state index contributed by atoms with van der Waals surface area (Å²) >= 11 is 0. The molecule has 0 saturated carbocycles. The Balaban J connectivity index is 1.84. The molecule has 2 aromatic carbocycles. The molecule has 1 atom stereocenters. The number of nitrogens with one attached hydrogen (secondary N) is 1. The van der Waals surface area contributed by atoms with Crippen LogP contribution in [0.25, 0.3) is 0 Å². The summed E-state index contributed by atoms with van der Waals surface area (Å²) in [6.45, 7) is 3.90. The van der Waals surface area contributed by atoms with E-state index >= 15 is 0 Å². The van der Waals surface area contributed by atoms with E-state index in [0.29, 0.717) is 5.92 Å². The van der Waals surface area contributed by atoms with Gasteiger partial charge >= 0.3 is 0 Å². The molecule has 1 aliphatic rings. The van der Waals surface area contributed by atoms with Crippen LogP contribution < -0.4 is 10.1 Å². The summed E-state index contributed by atoms with van der Waals surface area (Å²) in [5.41, 5.74) is 3.99. The first-order chi connectivity index (χ1) is 9.88. The maximum absolute atomic E-state index is 5.90. The zero-order valence-electron chi connectivity index (χ0n) is 11.9. The van der Waals surface area contributed by atoms with Crippen LogP contribution in [0.5, 0.6) is 5.75 Å². The lowest BCUT2D eigenvalue weighted by atomic mass is 9.88. The molecule has 2 heteroatoms. The molecular weight excluding hydrogens is 246 g/mol. The van der Waals surface area contributed by atoms with Crippen LogP contribution in [0.2, 0.25) is 0 Å². The molecule has 1 aliphatic heterocycles. The Kier molecular flexibility index (Phi) is 3.91. The molecule has 1 N–H and O–H groups in total. The van der Waals surface area contributed by atoms with E-state index in [1.165, 1.54) is 16.8 Å². The fourth-order valence-electron chi connectivity index (χ4n) is 2.82. The summed E-state index contributed by atoms with van der Waals surface area (Å²) in [6.07, 6.45) is 2.12. The Morgan fingerprint density at radius 2 is 1.90 bits per heavy atom. The summed E-state index contributed by atoms with van der Waals surface area (Å²) in [5, 5.41) is 3.54. The maximum atomic E-state index is 5.90. The molecule has 20 heavy (non-hydrogen) atoms. The van der Waals surface area contributed by atoms with Gasteiger partial charge in [0, 0.05) is 18.2 Å². The second kappa shape index (κ2) is 6.00. The summed E-state index contributed by atoms with van der Waals surface area (Å²) in [5.74, 6) is 1.53. The van der Waals surface area contributed by atoms with E-state index in [-0.39, 0.29) is 0 Å². The molecule has 0 amide bonds. The van der Waals surface area contributed by atoms with Crippen molar-refractivity contribution in [1.29, 1.82) is 0 Å². The van der Waals surface area contributed by atoms with Gasteiger partial charge in [-0.25, -0.2) is 0 Å². The van der Waals surface area contributed by atoms with Crippen LogP contribution in [-0.2, 0) is 6.42 Å². The SMILES string of the molecule is CCCOc1ccccc1C1CNc2ccccc2C1. The molecule has 0 fully saturated rings. The molecule has 0 aliphatic carbocycles. The van der Waals surface area contributed by atoms with Crippen molar-refractivity contribution in [3.05, 3.63) is 59.7 Å². The van der Waals surface area contributed by atoms with Gasteiger partial charge in [0.1, 0.15) is 5.75 Å². The third-order valence-corrected chi connectivity index (χ3v) is 3.84. The van der Waals surface area contributed by atoms with Crippen LogP contribution in [0.1, 0.15) is 30.4 Å². The van der Waals surface area contributed by atoms with Gasteiger partial charge in [-0.15, -0.1) is 0 Å². The van der Waals surface area contributed by atoms with Crippen LogP contribution in [-0.4, -0.2) is 13.2 Å². The third kappa shape index (κ3) is 2.64. The second-order valence-electron chi connectivity index (χ2n) is 5.33. The van der Waals surface area contributed by atoms with Crippen molar-refractivity contribution in [2.45, 2.75) is 25.7 Å². The van der Waals surface area contributed by atoms with Crippen LogP contribution in [0, 0.1) is 0 Å². The highest BCUT2D eigenvalue weighted by Gasteiger charge is 2.21. The van der Waals surface area contributed by atoms with Crippen molar-refractivity contribution in [2.24, 2.45) is 0 Å². The number of rotatable bonds is 4. The number of para-hydroxylation sites is 2. The number of anilines is 1. The Bertz CT molecular complexity index is 579. The Morgan fingerprint density at radius 3 is 2.80 bits per heavy atom. The Labute approximate surface area is 120 Å². The van der Waals surface area contributed by atoms with Gasteiger partial charge in [-0.05, 0) is 36.1 Å². The minimum absolute atomic E-state index is 0.484. The fourth-order valence-corrected chi connectivity index (χ4v) is 2.82. The van der Waals surface area contributed by atoms with Gasteiger partial charge in [-0.3, -0.25) is 0 Å². The van der Waals surface area contributed by atoms with Crippen LogP contribution in [0.4, 0.5) is 5.69 Å². The average molecular weight is 267 g/mol. The van der Waals surface area contributed by atoms with Crippen molar-refractivity contribution < 1.29 is 4.74 Å². The van der Waals surface area contributed by atoms with Gasteiger partial charge in [-0.2, -0.15) is 0 Å². The number of hydrogen-bond acceptors (Lipinski definition) is 2. The first kappa shape index (κ1) is 13.0. The molecule has 104 valence electrons. The highest BCUT2D eigenvalue weighted by molar-refractivity contribution is 5.55. The zero-order valence-corrected chi connectivity index (χ0v) is 11.9. The highest BCUT2D eigenvalue weighted by atomic mass is 16.5. The average Bonchev–Trinajstić information content (AvgIpc) is 2.53. The fraction of sp³-hybridized carbons (Fsp3) is 0.333. The van der Waals surface area contributed by atoms with E-state index in [1.54, 1.807) is 0 Å². The van der Waals surface area contributed by atoms with E-state index < -0.39 is 0 Å². The third-order valence-electron chi connectivity index (χ3n) is 3.84. The second-order valence-corrected chi connectivity index (χ2v) is 5.33. The minimum atomic E-state index is 0.484. The molecule has 3 rings (SSSR count). The number of benzene rings is 2. The Morgan fingerprint density at radius 1 is 1.10 bits per heavy atom. The first-order valence-corrected chi connectivity index (χ1v) is 7.42. The largest absolute Gasteiger partial charge is 0.493 e. The first-order valence-electron chi connectivity index (χ1n) is 7.42. The Hall–Kier alpha value is -1.96. The molecular formula is C18H21NO. The van der Waals surface area contributed by atoms with Crippen molar-refractivity contribution in [3.63, 3.8) is 0 Å². The summed E-state index contributed by atoms with van der Waals surface area (Å²) in [4.78, 5) is 0. The van der Waals surface area contributed by atoms with E-state index in [0.717, 1.165) is 31.7 Å². The van der Waals surface area contributed by atoms with Crippen LogP contribution in [0.15, 0.2) is 48.5 Å². The van der Waals surface area contributed by atoms with Gasteiger partial charge < -0.3 is 10.1 Å². The minimum Gasteiger partial charge on any atom is -0.493 e. The van der Waals surface area contributed by atoms with Crippen molar-refractivity contribution in [2.75, 3.05) is 18.5 Å². The normalized spacial score (nSPS) is 17.1. The van der Waals surface area contributed by atoms with E-state index in [2.05, 4.69) is 60.8 Å². The monoisotopic (exact) mass is 267 g/mol. The molecule has 2 nitrogen and oxygen atoms in total. The van der Waals surface area contributed by atoms with Gasteiger partial charge in [0.25, 0.3) is 0 Å². The molecule has 0 spiro atoms. The number of fused-ring (bicyclic) bond motifs is 1. The predicted octanol–water partition coefficient (Wildman–Crippen LogP) is 4.23. The van der Waals surface area contributed by atoms with Gasteiger partial charge in [0.2, 0.25) is 0 Å². The smallest absolute Gasteiger partial charge is 0.122 e. The quantitative estimate of drug-likeness (QED) is 0.895. The molecule has 1 unspecified atom stereocenters. The lowest BCUT2D eigenvalue weighted by Crippen LogP contribution is -2.22. The van der Waals surface area contributed by atoms with E-state index in [4.69, 9.17) is 4.74 Å². The van der Waals surface area contributed by atoms with Gasteiger partial charge in [0.15, 0.2) is 0 Å². The van der Waals surface area contributed by atoms with E-state index in [9.17, 15) is 0 Å². The van der Waals surface area contributed by atoms with Gasteiger partial charge in [-0.1, -0.05) is 43.3 Å². The molecule has 2 aromatic rings. The van der Waals surface area contributed by atoms with Crippen LogP contribution >= 0.6 is 0 Å². The summed E-state index contributed by atoms with van der Waals surface area (Å²) in [6, 6.07) is 17.0. The molecule has 0 radical (unpaired) electrons. The predicted molar refractivity (Wildman–Crippen MR) is 83.6 cm³/mol.